The topological polar surface area (TPSA) is 63.7 Å². The van der Waals surface area contributed by atoms with E-state index in [1.165, 1.54) is 0 Å². The van der Waals surface area contributed by atoms with E-state index >= 15 is 0 Å². The van der Waals surface area contributed by atoms with Crippen molar-refractivity contribution in [3.8, 4) is 34.5 Å². The molecule has 0 N–H and O–H groups in total. The van der Waals surface area contributed by atoms with Crippen LogP contribution in [-0.2, 0) is 13.7 Å². The summed E-state index contributed by atoms with van der Waals surface area (Å²) >= 11 is 6.36. The average Bonchev–Trinajstić information content (AvgIpc) is 3.15. The molecule has 0 aliphatic carbocycles. The molecule has 0 radical (unpaired) electrons. The summed E-state index contributed by atoms with van der Waals surface area (Å²) in [6.07, 6.45) is 3.34. The van der Waals surface area contributed by atoms with E-state index in [2.05, 4.69) is 16.0 Å². The minimum absolute atomic E-state index is 0.425. The average molecular weight is 401 g/mol. The molecule has 4 rings (SSSR count). The number of rotatable bonds is 5. The van der Waals surface area contributed by atoms with E-state index in [1.807, 2.05) is 60.1 Å². The maximum atomic E-state index is 9.19. The van der Waals surface area contributed by atoms with Crippen molar-refractivity contribution in [2.24, 2.45) is 7.05 Å². The number of nitrogens with zero attached hydrogens (tertiary/aromatic N) is 4. The minimum atomic E-state index is 0.425. The second-order valence-electron chi connectivity index (χ2n) is 6.51. The third-order valence-electron chi connectivity index (χ3n) is 4.51. The summed E-state index contributed by atoms with van der Waals surface area (Å²) < 4.78 is 7.88. The molecule has 0 saturated heterocycles. The zero-order valence-electron chi connectivity index (χ0n) is 15.7. The number of ether oxygens (including phenoxy) is 1. The maximum absolute atomic E-state index is 9.19. The molecule has 0 fully saturated rings. The van der Waals surface area contributed by atoms with Crippen LogP contribution in [0.3, 0.4) is 0 Å². The lowest BCUT2D eigenvalue weighted by molar-refractivity contribution is 0.306. The summed E-state index contributed by atoms with van der Waals surface area (Å²) in [5.41, 5.74) is 4.70. The van der Waals surface area contributed by atoms with Gasteiger partial charge in [-0.3, -0.25) is 4.98 Å². The smallest absolute Gasteiger partial charge is 0.139 e. The Morgan fingerprint density at radius 3 is 2.69 bits per heavy atom. The summed E-state index contributed by atoms with van der Waals surface area (Å²) in [4.78, 5) is 8.89. The molecule has 0 amide bonds. The zero-order chi connectivity index (χ0) is 20.2. The molecule has 2 heterocycles. The molecule has 29 heavy (non-hydrogen) atoms. The van der Waals surface area contributed by atoms with Gasteiger partial charge in [0.25, 0.3) is 0 Å². The van der Waals surface area contributed by atoms with Crippen LogP contribution in [-0.4, -0.2) is 14.5 Å². The summed E-state index contributed by atoms with van der Waals surface area (Å²) in [5, 5.41) is 9.73. The highest BCUT2D eigenvalue weighted by Crippen LogP contribution is 2.35. The lowest BCUT2D eigenvalue weighted by Gasteiger charge is -2.12. The SMILES string of the molecule is Cn1cnc(-c2cc(C#N)ccn2)c1-c1ccc(Cl)c(OCc2ccccc2)c1. The molecule has 2 aromatic carbocycles. The van der Waals surface area contributed by atoms with Crippen molar-refractivity contribution in [2.45, 2.75) is 6.61 Å². The van der Waals surface area contributed by atoms with Crippen molar-refractivity contribution < 1.29 is 4.74 Å². The van der Waals surface area contributed by atoms with Crippen LogP contribution in [0.25, 0.3) is 22.6 Å². The fourth-order valence-corrected chi connectivity index (χ4v) is 3.26. The van der Waals surface area contributed by atoms with Crippen LogP contribution in [0.4, 0.5) is 0 Å². The first-order valence-corrected chi connectivity index (χ1v) is 9.38. The van der Waals surface area contributed by atoms with Gasteiger partial charge < -0.3 is 9.30 Å². The van der Waals surface area contributed by atoms with E-state index in [1.54, 1.807) is 24.7 Å². The Bertz CT molecular complexity index is 1200. The van der Waals surface area contributed by atoms with Crippen LogP contribution in [0.1, 0.15) is 11.1 Å². The van der Waals surface area contributed by atoms with Crippen LogP contribution in [0.15, 0.2) is 73.2 Å². The number of benzene rings is 2. The second-order valence-corrected chi connectivity index (χ2v) is 6.92. The number of nitriles is 1. The minimum Gasteiger partial charge on any atom is -0.487 e. The van der Waals surface area contributed by atoms with Crippen molar-refractivity contribution in [3.63, 3.8) is 0 Å². The third-order valence-corrected chi connectivity index (χ3v) is 4.82. The standard InChI is InChI=1S/C23H17ClN4O/c1-28-15-27-22(20-11-17(13-25)9-10-26-20)23(28)18-7-8-19(24)21(12-18)29-14-16-5-3-2-4-6-16/h2-12,15H,14H2,1H3. The molecule has 0 saturated carbocycles. The molecule has 4 aromatic rings. The van der Waals surface area contributed by atoms with Crippen LogP contribution in [0.5, 0.6) is 5.75 Å². The van der Waals surface area contributed by atoms with Gasteiger partial charge in [-0.05, 0) is 29.8 Å². The predicted molar refractivity (Wildman–Crippen MR) is 112 cm³/mol. The van der Waals surface area contributed by atoms with Crippen LogP contribution < -0.4 is 4.74 Å². The molecule has 5 nitrogen and oxygen atoms in total. The summed E-state index contributed by atoms with van der Waals surface area (Å²) in [6.45, 7) is 0.425. The normalized spacial score (nSPS) is 10.5. The van der Waals surface area contributed by atoms with E-state index < -0.39 is 0 Å². The second kappa shape index (κ2) is 8.17. The summed E-state index contributed by atoms with van der Waals surface area (Å²) in [7, 11) is 1.92. The van der Waals surface area contributed by atoms with Crippen molar-refractivity contribution >= 4 is 11.6 Å². The van der Waals surface area contributed by atoms with Gasteiger partial charge in [-0.2, -0.15) is 5.26 Å². The summed E-state index contributed by atoms with van der Waals surface area (Å²) in [5.74, 6) is 0.596. The highest BCUT2D eigenvalue weighted by atomic mass is 35.5. The Balaban J connectivity index is 1.70. The first kappa shape index (κ1) is 18.7. The van der Waals surface area contributed by atoms with Gasteiger partial charge >= 0.3 is 0 Å². The quantitative estimate of drug-likeness (QED) is 0.458. The molecule has 6 heteroatoms. The van der Waals surface area contributed by atoms with E-state index in [0.717, 1.165) is 16.8 Å². The Labute approximate surface area is 173 Å². The number of hydrogen-bond acceptors (Lipinski definition) is 4. The molecule has 0 atom stereocenters. The fraction of sp³-hybridized carbons (Fsp3) is 0.0870. The van der Waals surface area contributed by atoms with Crippen LogP contribution in [0.2, 0.25) is 5.02 Å². The number of hydrogen-bond donors (Lipinski definition) is 0. The molecule has 2 aromatic heterocycles. The Morgan fingerprint density at radius 1 is 1.07 bits per heavy atom. The first-order chi connectivity index (χ1) is 14.2. The molecule has 0 aliphatic rings. The molecule has 0 bridgehead atoms. The number of imidazole rings is 1. The number of halogens is 1. The molecular weight excluding hydrogens is 384 g/mol. The Hall–Kier alpha value is -3.62. The van der Waals surface area contributed by atoms with Crippen LogP contribution in [0, 0.1) is 11.3 Å². The van der Waals surface area contributed by atoms with E-state index in [-0.39, 0.29) is 0 Å². The van der Waals surface area contributed by atoms with Crippen molar-refractivity contribution in [1.29, 1.82) is 5.26 Å². The molecule has 142 valence electrons. The number of pyridine rings is 1. The van der Waals surface area contributed by atoms with Gasteiger partial charge in [0.05, 0.1) is 34.4 Å². The zero-order valence-corrected chi connectivity index (χ0v) is 16.5. The maximum Gasteiger partial charge on any atom is 0.139 e. The first-order valence-electron chi connectivity index (χ1n) is 9.00. The van der Waals surface area contributed by atoms with Crippen molar-refractivity contribution in [1.82, 2.24) is 14.5 Å². The Kier molecular flexibility index (Phi) is 5.28. The molecule has 0 spiro atoms. The lowest BCUT2D eigenvalue weighted by Crippen LogP contribution is -1.97. The monoisotopic (exact) mass is 400 g/mol. The van der Waals surface area contributed by atoms with Crippen molar-refractivity contribution in [3.05, 3.63) is 89.3 Å². The third kappa shape index (κ3) is 3.98. The van der Waals surface area contributed by atoms with Gasteiger partial charge in [-0.25, -0.2) is 4.98 Å². The number of aromatic nitrogens is 3. The van der Waals surface area contributed by atoms with E-state index in [0.29, 0.717) is 34.3 Å². The highest BCUT2D eigenvalue weighted by Gasteiger charge is 2.16. The van der Waals surface area contributed by atoms with Crippen molar-refractivity contribution in [2.75, 3.05) is 0 Å². The van der Waals surface area contributed by atoms with Gasteiger partial charge in [0.2, 0.25) is 0 Å². The molecule has 0 unspecified atom stereocenters. The number of aryl methyl sites for hydroxylation is 1. The van der Waals surface area contributed by atoms with Crippen LogP contribution >= 0.6 is 11.6 Å². The predicted octanol–water partition coefficient (Wildman–Crippen LogP) is 5.25. The van der Waals surface area contributed by atoms with Gasteiger partial charge in [0, 0.05) is 18.8 Å². The van der Waals surface area contributed by atoms with E-state index in [9.17, 15) is 5.26 Å². The van der Waals surface area contributed by atoms with E-state index in [4.69, 9.17) is 16.3 Å². The molecular formula is C23H17ClN4O. The van der Waals surface area contributed by atoms with Gasteiger partial charge in [-0.15, -0.1) is 0 Å². The summed E-state index contributed by atoms with van der Waals surface area (Å²) in [6, 6.07) is 21.1. The largest absolute Gasteiger partial charge is 0.487 e. The highest BCUT2D eigenvalue weighted by molar-refractivity contribution is 6.32. The van der Waals surface area contributed by atoms with Gasteiger partial charge in [-0.1, -0.05) is 48.0 Å². The van der Waals surface area contributed by atoms with Gasteiger partial charge in [0.1, 0.15) is 18.1 Å². The van der Waals surface area contributed by atoms with Gasteiger partial charge in [0.15, 0.2) is 0 Å². The Morgan fingerprint density at radius 2 is 1.90 bits per heavy atom. The lowest BCUT2D eigenvalue weighted by atomic mass is 10.1. The fourth-order valence-electron chi connectivity index (χ4n) is 3.08. The molecule has 0 aliphatic heterocycles.